The smallest absolute Gasteiger partial charge is 0.328 e. The Kier molecular flexibility index (Phi) is 6.16. The summed E-state index contributed by atoms with van der Waals surface area (Å²) in [6.45, 7) is 5.37. The van der Waals surface area contributed by atoms with Gasteiger partial charge in [-0.25, -0.2) is 4.79 Å². The summed E-state index contributed by atoms with van der Waals surface area (Å²) < 4.78 is 4.59. The van der Waals surface area contributed by atoms with Crippen molar-refractivity contribution in [1.29, 1.82) is 5.26 Å². The van der Waals surface area contributed by atoms with Gasteiger partial charge in [-0.05, 0) is 19.3 Å². The summed E-state index contributed by atoms with van der Waals surface area (Å²) in [5, 5.41) is 11.1. The Bertz CT molecular complexity index is 294. The number of nitriles is 1. The molecule has 0 rings (SSSR count). The molecule has 5 nitrogen and oxygen atoms in total. The Hall–Kier alpha value is -1.57. The van der Waals surface area contributed by atoms with Crippen LogP contribution in [0.15, 0.2) is 0 Å². The summed E-state index contributed by atoms with van der Waals surface area (Å²) in [5.74, 6) is -1.44. The van der Waals surface area contributed by atoms with Crippen LogP contribution in [0.1, 0.15) is 27.2 Å². The molecule has 2 atom stereocenters. The summed E-state index contributed by atoms with van der Waals surface area (Å²) in [7, 11) is 1.27. The molecule has 90 valence electrons. The van der Waals surface area contributed by atoms with Crippen molar-refractivity contribution >= 4 is 11.9 Å². The highest BCUT2D eigenvalue weighted by Gasteiger charge is 2.24. The predicted octanol–water partition coefficient (Wildman–Crippen LogP) is 0.850. The lowest BCUT2D eigenvalue weighted by molar-refractivity contribution is -0.145. The summed E-state index contributed by atoms with van der Waals surface area (Å²) in [6, 6.07) is 1.14. The number of hydrogen-bond acceptors (Lipinski definition) is 4. The average molecular weight is 226 g/mol. The minimum atomic E-state index is -0.765. The van der Waals surface area contributed by atoms with E-state index in [9.17, 15) is 9.59 Å². The van der Waals surface area contributed by atoms with E-state index in [-0.39, 0.29) is 5.92 Å². The highest BCUT2D eigenvalue weighted by molar-refractivity contribution is 5.86. The van der Waals surface area contributed by atoms with Gasteiger partial charge in [-0.15, -0.1) is 0 Å². The van der Waals surface area contributed by atoms with Gasteiger partial charge in [-0.1, -0.05) is 13.8 Å². The van der Waals surface area contributed by atoms with Crippen molar-refractivity contribution in [2.45, 2.75) is 33.2 Å². The first kappa shape index (κ1) is 14.4. The molecule has 5 heteroatoms. The van der Waals surface area contributed by atoms with Gasteiger partial charge in [0.15, 0.2) is 0 Å². The van der Waals surface area contributed by atoms with Crippen LogP contribution in [0.4, 0.5) is 0 Å². The molecule has 0 aromatic rings. The summed E-state index contributed by atoms with van der Waals surface area (Å²) in [4.78, 5) is 22.8. The van der Waals surface area contributed by atoms with Crippen LogP contribution in [0.25, 0.3) is 0 Å². The fraction of sp³-hybridized carbons (Fsp3) is 0.727. The zero-order valence-electron chi connectivity index (χ0n) is 10.1. The highest BCUT2D eigenvalue weighted by Crippen LogP contribution is 2.07. The van der Waals surface area contributed by atoms with Gasteiger partial charge in [0.05, 0.1) is 13.2 Å². The largest absolute Gasteiger partial charge is 0.467 e. The van der Waals surface area contributed by atoms with E-state index >= 15 is 0 Å². The molecular formula is C11H18N2O3. The van der Waals surface area contributed by atoms with E-state index in [4.69, 9.17) is 5.26 Å². The minimum absolute atomic E-state index is 0.252. The summed E-state index contributed by atoms with van der Waals surface area (Å²) in [6.07, 6.45) is 0.497. The van der Waals surface area contributed by atoms with Gasteiger partial charge in [0.25, 0.3) is 0 Å². The third-order valence-corrected chi connectivity index (χ3v) is 2.10. The summed E-state index contributed by atoms with van der Waals surface area (Å²) >= 11 is 0. The lowest BCUT2D eigenvalue weighted by atomic mass is 10.0. The second kappa shape index (κ2) is 6.83. The van der Waals surface area contributed by atoms with E-state index in [1.807, 2.05) is 19.9 Å². The lowest BCUT2D eigenvalue weighted by Gasteiger charge is -2.18. The Labute approximate surface area is 95.8 Å². The molecule has 1 N–H and O–H groups in total. The Morgan fingerprint density at radius 2 is 1.94 bits per heavy atom. The number of nitrogens with one attached hydrogen (secondary N) is 1. The third kappa shape index (κ3) is 4.78. The van der Waals surface area contributed by atoms with Crippen molar-refractivity contribution in [3.63, 3.8) is 0 Å². The maximum Gasteiger partial charge on any atom is 0.328 e. The van der Waals surface area contributed by atoms with Gasteiger partial charge in [-0.3, -0.25) is 4.79 Å². The van der Waals surface area contributed by atoms with Crippen molar-refractivity contribution in [2.75, 3.05) is 7.11 Å². The number of amides is 1. The Morgan fingerprint density at radius 3 is 2.31 bits per heavy atom. The molecular weight excluding hydrogens is 208 g/mol. The van der Waals surface area contributed by atoms with Crippen LogP contribution < -0.4 is 5.32 Å². The number of rotatable bonds is 5. The fourth-order valence-electron chi connectivity index (χ4n) is 1.18. The van der Waals surface area contributed by atoms with Crippen LogP contribution in [-0.2, 0) is 14.3 Å². The number of carbonyl (C=O) groups excluding carboxylic acids is 2. The predicted molar refractivity (Wildman–Crippen MR) is 58.2 cm³/mol. The van der Waals surface area contributed by atoms with Crippen LogP contribution in [0.2, 0.25) is 0 Å². The quantitative estimate of drug-likeness (QED) is 0.705. The molecule has 0 aliphatic heterocycles. The van der Waals surface area contributed by atoms with Crippen molar-refractivity contribution in [1.82, 2.24) is 5.32 Å². The molecule has 0 fully saturated rings. The first-order valence-corrected chi connectivity index (χ1v) is 5.20. The van der Waals surface area contributed by atoms with Gasteiger partial charge in [0.2, 0.25) is 5.91 Å². The zero-order valence-corrected chi connectivity index (χ0v) is 10.1. The molecule has 0 radical (unpaired) electrons. The van der Waals surface area contributed by atoms with E-state index in [1.165, 1.54) is 14.0 Å². The second-order valence-corrected chi connectivity index (χ2v) is 4.06. The Morgan fingerprint density at radius 1 is 1.38 bits per heavy atom. The van der Waals surface area contributed by atoms with Crippen LogP contribution in [0.3, 0.4) is 0 Å². The zero-order chi connectivity index (χ0) is 12.7. The maximum atomic E-state index is 11.4. The average Bonchev–Trinajstić information content (AvgIpc) is 2.25. The molecule has 0 saturated carbocycles. The molecule has 2 unspecified atom stereocenters. The van der Waals surface area contributed by atoms with Gasteiger partial charge in [0, 0.05) is 0 Å². The van der Waals surface area contributed by atoms with Gasteiger partial charge < -0.3 is 10.1 Å². The third-order valence-electron chi connectivity index (χ3n) is 2.10. The van der Waals surface area contributed by atoms with Gasteiger partial charge in [0.1, 0.15) is 12.0 Å². The molecule has 1 amide bonds. The Balaban J connectivity index is 4.49. The molecule has 0 aromatic carbocycles. The van der Waals surface area contributed by atoms with Crippen LogP contribution in [-0.4, -0.2) is 25.0 Å². The SMILES string of the molecule is COC(=O)C(CC(C)C)NC(=O)C(C)C#N. The number of methoxy groups -OCH3 is 1. The molecule has 16 heavy (non-hydrogen) atoms. The van der Waals surface area contributed by atoms with E-state index in [0.717, 1.165) is 0 Å². The van der Waals surface area contributed by atoms with Crippen molar-refractivity contribution in [2.24, 2.45) is 11.8 Å². The number of esters is 1. The van der Waals surface area contributed by atoms with Gasteiger partial charge in [-0.2, -0.15) is 5.26 Å². The molecule has 0 aliphatic carbocycles. The van der Waals surface area contributed by atoms with E-state index in [1.54, 1.807) is 0 Å². The first-order chi connectivity index (χ1) is 7.42. The van der Waals surface area contributed by atoms with E-state index < -0.39 is 23.8 Å². The number of ether oxygens (including phenoxy) is 1. The van der Waals surface area contributed by atoms with E-state index in [0.29, 0.717) is 6.42 Å². The second-order valence-electron chi connectivity index (χ2n) is 4.06. The van der Waals surface area contributed by atoms with Crippen molar-refractivity contribution < 1.29 is 14.3 Å². The monoisotopic (exact) mass is 226 g/mol. The van der Waals surface area contributed by atoms with E-state index in [2.05, 4.69) is 10.1 Å². The molecule has 0 bridgehead atoms. The number of carbonyl (C=O) groups is 2. The number of hydrogen-bond donors (Lipinski definition) is 1. The maximum absolute atomic E-state index is 11.4. The van der Waals surface area contributed by atoms with Crippen LogP contribution >= 0.6 is 0 Å². The molecule has 0 spiro atoms. The van der Waals surface area contributed by atoms with Crippen molar-refractivity contribution in [3.05, 3.63) is 0 Å². The number of nitrogens with zero attached hydrogens (tertiary/aromatic N) is 1. The highest BCUT2D eigenvalue weighted by atomic mass is 16.5. The minimum Gasteiger partial charge on any atom is -0.467 e. The lowest BCUT2D eigenvalue weighted by Crippen LogP contribution is -2.44. The van der Waals surface area contributed by atoms with Crippen LogP contribution in [0.5, 0.6) is 0 Å². The topological polar surface area (TPSA) is 79.2 Å². The molecule has 0 heterocycles. The van der Waals surface area contributed by atoms with Gasteiger partial charge >= 0.3 is 5.97 Å². The van der Waals surface area contributed by atoms with Crippen molar-refractivity contribution in [3.8, 4) is 6.07 Å². The molecule has 0 saturated heterocycles. The fourth-order valence-corrected chi connectivity index (χ4v) is 1.18. The summed E-state index contributed by atoms with van der Waals surface area (Å²) in [5.41, 5.74) is 0. The standard InChI is InChI=1S/C11H18N2O3/c1-7(2)5-9(11(15)16-4)13-10(14)8(3)6-12/h7-9H,5H2,1-4H3,(H,13,14). The first-order valence-electron chi connectivity index (χ1n) is 5.20. The molecule has 0 aromatic heterocycles. The normalized spacial score (nSPS) is 13.8. The van der Waals surface area contributed by atoms with Crippen LogP contribution in [0, 0.1) is 23.2 Å². The molecule has 0 aliphatic rings.